The lowest BCUT2D eigenvalue weighted by atomic mass is 9.95. The Morgan fingerprint density at radius 2 is 2.00 bits per heavy atom. The number of carbonyl (C=O) groups is 2. The molecule has 2 amide bonds. The van der Waals surface area contributed by atoms with E-state index in [1.807, 2.05) is 25.1 Å². The molecule has 6 heteroatoms. The number of piperidine rings is 1. The quantitative estimate of drug-likeness (QED) is 0.813. The molecule has 0 aliphatic carbocycles. The van der Waals surface area contributed by atoms with E-state index in [4.69, 9.17) is 4.74 Å². The summed E-state index contributed by atoms with van der Waals surface area (Å²) in [6, 6.07) is 7.98. The summed E-state index contributed by atoms with van der Waals surface area (Å²) in [5, 5.41) is 5.42. The van der Waals surface area contributed by atoms with Gasteiger partial charge in [0.25, 0.3) is 0 Å². The molecule has 1 atom stereocenters. The van der Waals surface area contributed by atoms with Gasteiger partial charge in [-0.2, -0.15) is 0 Å². The highest BCUT2D eigenvalue weighted by Gasteiger charge is 2.28. The van der Waals surface area contributed by atoms with Crippen LogP contribution in [0.4, 0.5) is 5.69 Å². The van der Waals surface area contributed by atoms with Gasteiger partial charge in [-0.1, -0.05) is 12.1 Å². The lowest BCUT2D eigenvalue weighted by molar-refractivity contribution is -0.136. The Morgan fingerprint density at radius 1 is 1.20 bits per heavy atom. The normalized spacial score (nSPS) is 21.9. The number of nitrogens with zero attached hydrogens (tertiary/aromatic N) is 1. The van der Waals surface area contributed by atoms with Gasteiger partial charge in [-0.05, 0) is 62.9 Å². The summed E-state index contributed by atoms with van der Waals surface area (Å²) in [6.45, 7) is 6.32. The van der Waals surface area contributed by atoms with Crippen LogP contribution in [0.25, 0.3) is 0 Å². The maximum absolute atomic E-state index is 12.0. The van der Waals surface area contributed by atoms with Gasteiger partial charge in [-0.15, -0.1) is 0 Å². The van der Waals surface area contributed by atoms with Gasteiger partial charge in [-0.3, -0.25) is 14.5 Å². The van der Waals surface area contributed by atoms with Crippen molar-refractivity contribution in [3.05, 3.63) is 29.8 Å². The Labute approximate surface area is 148 Å². The number of benzene rings is 1. The van der Waals surface area contributed by atoms with E-state index in [2.05, 4.69) is 15.5 Å². The molecule has 1 aromatic rings. The maximum atomic E-state index is 12.0. The van der Waals surface area contributed by atoms with Crippen molar-refractivity contribution in [3.63, 3.8) is 0 Å². The minimum atomic E-state index is -0.605. The molecule has 0 bridgehead atoms. The third-order valence-corrected chi connectivity index (χ3v) is 5.10. The Hall–Kier alpha value is -1.92. The van der Waals surface area contributed by atoms with Crippen LogP contribution in [0.3, 0.4) is 0 Å². The predicted octanol–water partition coefficient (Wildman–Crippen LogP) is 1.55. The minimum absolute atomic E-state index is 0.439. The average molecular weight is 345 g/mol. The molecule has 0 saturated carbocycles. The monoisotopic (exact) mass is 345 g/mol. The zero-order chi connectivity index (χ0) is 17.6. The van der Waals surface area contributed by atoms with Crippen molar-refractivity contribution in [1.29, 1.82) is 0 Å². The number of nitrogens with one attached hydrogen (secondary N) is 2. The topological polar surface area (TPSA) is 70.7 Å². The van der Waals surface area contributed by atoms with Crippen LogP contribution in [-0.2, 0) is 14.3 Å². The highest BCUT2D eigenvalue weighted by atomic mass is 16.5. The Bertz CT molecular complexity index is 606. The molecule has 0 radical (unpaired) electrons. The van der Waals surface area contributed by atoms with E-state index in [1.165, 1.54) is 0 Å². The summed E-state index contributed by atoms with van der Waals surface area (Å²) in [5.41, 5.74) is 1.69. The van der Waals surface area contributed by atoms with Crippen LogP contribution >= 0.6 is 0 Å². The molecule has 2 N–H and O–H groups in total. The molecule has 0 aromatic heterocycles. The molecule has 1 aromatic carbocycles. The molecular formula is C19H27N3O3. The molecule has 2 aliphatic heterocycles. The fraction of sp³-hybridized carbons (Fsp3) is 0.579. The molecule has 25 heavy (non-hydrogen) atoms. The fourth-order valence-electron chi connectivity index (χ4n) is 3.56. The van der Waals surface area contributed by atoms with E-state index in [-0.39, 0.29) is 0 Å². The molecule has 2 fully saturated rings. The number of amides is 2. The molecular weight excluding hydrogens is 318 g/mol. The van der Waals surface area contributed by atoms with E-state index >= 15 is 0 Å². The van der Waals surface area contributed by atoms with Crippen molar-refractivity contribution in [2.24, 2.45) is 5.92 Å². The number of hydrogen-bond donors (Lipinski definition) is 2. The number of likely N-dealkylation sites (tertiary alicyclic amines) is 1. The number of aryl methyl sites for hydroxylation is 1. The zero-order valence-corrected chi connectivity index (χ0v) is 14.8. The summed E-state index contributed by atoms with van der Waals surface area (Å²) < 4.78 is 5.46. The summed E-state index contributed by atoms with van der Waals surface area (Å²) in [6.07, 6.45) is 3.23. The highest BCUT2D eigenvalue weighted by molar-refractivity contribution is 6.39. The molecule has 136 valence electrons. The van der Waals surface area contributed by atoms with Crippen molar-refractivity contribution in [2.75, 3.05) is 38.2 Å². The largest absolute Gasteiger partial charge is 0.380 e. The second-order valence-corrected chi connectivity index (χ2v) is 7.03. The van der Waals surface area contributed by atoms with Crippen molar-refractivity contribution in [2.45, 2.75) is 32.2 Å². The first kappa shape index (κ1) is 17.9. The van der Waals surface area contributed by atoms with Crippen molar-refractivity contribution in [1.82, 2.24) is 10.2 Å². The molecule has 6 nitrogen and oxygen atoms in total. The van der Waals surface area contributed by atoms with E-state index in [0.29, 0.717) is 24.2 Å². The van der Waals surface area contributed by atoms with Gasteiger partial charge in [-0.25, -0.2) is 0 Å². The Morgan fingerprint density at radius 3 is 2.68 bits per heavy atom. The Balaban J connectivity index is 1.38. The SMILES string of the molecule is Cc1cccc(NC(=O)C(=O)NCC2CCN([C@H]3CCOC3)CC2)c1. The maximum Gasteiger partial charge on any atom is 0.313 e. The second kappa shape index (κ2) is 8.45. The van der Waals surface area contributed by atoms with Crippen LogP contribution < -0.4 is 10.6 Å². The van der Waals surface area contributed by atoms with Gasteiger partial charge >= 0.3 is 11.8 Å². The lowest BCUT2D eigenvalue weighted by Crippen LogP contribution is -2.45. The van der Waals surface area contributed by atoms with Crippen LogP contribution in [0, 0.1) is 12.8 Å². The van der Waals surface area contributed by atoms with Crippen molar-refractivity contribution in [3.8, 4) is 0 Å². The second-order valence-electron chi connectivity index (χ2n) is 7.03. The van der Waals surface area contributed by atoms with Gasteiger partial charge in [0, 0.05) is 24.9 Å². The van der Waals surface area contributed by atoms with Crippen molar-refractivity contribution >= 4 is 17.5 Å². The smallest absolute Gasteiger partial charge is 0.313 e. The van der Waals surface area contributed by atoms with E-state index < -0.39 is 11.8 Å². The number of hydrogen-bond acceptors (Lipinski definition) is 4. The molecule has 0 unspecified atom stereocenters. The predicted molar refractivity (Wildman–Crippen MR) is 96.3 cm³/mol. The van der Waals surface area contributed by atoms with E-state index in [0.717, 1.165) is 51.1 Å². The lowest BCUT2D eigenvalue weighted by Gasteiger charge is -2.35. The van der Waals surface area contributed by atoms with Crippen LogP contribution in [0.1, 0.15) is 24.8 Å². The summed E-state index contributed by atoms with van der Waals surface area (Å²) in [7, 11) is 0. The Kier molecular flexibility index (Phi) is 6.04. The number of rotatable bonds is 4. The van der Waals surface area contributed by atoms with Gasteiger partial charge in [0.15, 0.2) is 0 Å². The van der Waals surface area contributed by atoms with Gasteiger partial charge in [0.1, 0.15) is 0 Å². The third kappa shape index (κ3) is 5.03. The van der Waals surface area contributed by atoms with E-state index in [1.54, 1.807) is 6.07 Å². The molecule has 2 saturated heterocycles. The number of carbonyl (C=O) groups excluding carboxylic acids is 2. The molecule has 2 heterocycles. The van der Waals surface area contributed by atoms with Crippen LogP contribution in [0.15, 0.2) is 24.3 Å². The highest BCUT2D eigenvalue weighted by Crippen LogP contribution is 2.21. The first-order valence-corrected chi connectivity index (χ1v) is 9.09. The third-order valence-electron chi connectivity index (χ3n) is 5.10. The van der Waals surface area contributed by atoms with E-state index in [9.17, 15) is 9.59 Å². The standard InChI is InChI=1S/C19H27N3O3/c1-14-3-2-4-16(11-14)21-19(24)18(23)20-12-15-5-8-22(9-6-15)17-7-10-25-13-17/h2-4,11,15,17H,5-10,12-13H2,1H3,(H,20,23)(H,21,24)/t17-/m0/s1. The van der Waals surface area contributed by atoms with Crippen molar-refractivity contribution < 1.29 is 14.3 Å². The molecule has 3 rings (SSSR count). The number of anilines is 1. The minimum Gasteiger partial charge on any atom is -0.380 e. The van der Waals surface area contributed by atoms with Crippen LogP contribution in [-0.4, -0.2) is 55.6 Å². The summed E-state index contributed by atoms with van der Waals surface area (Å²) in [4.78, 5) is 26.5. The summed E-state index contributed by atoms with van der Waals surface area (Å²) in [5.74, 6) is -0.728. The zero-order valence-electron chi connectivity index (χ0n) is 14.8. The van der Waals surface area contributed by atoms with Gasteiger partial charge in [0.05, 0.1) is 6.61 Å². The molecule has 2 aliphatic rings. The number of ether oxygens (including phenoxy) is 1. The first-order valence-electron chi connectivity index (χ1n) is 9.09. The fourth-order valence-corrected chi connectivity index (χ4v) is 3.56. The molecule has 0 spiro atoms. The van der Waals surface area contributed by atoms with Crippen LogP contribution in [0.5, 0.6) is 0 Å². The average Bonchev–Trinajstić information content (AvgIpc) is 3.14. The van der Waals surface area contributed by atoms with Gasteiger partial charge in [0.2, 0.25) is 0 Å². The van der Waals surface area contributed by atoms with Crippen LogP contribution in [0.2, 0.25) is 0 Å². The van der Waals surface area contributed by atoms with Gasteiger partial charge < -0.3 is 15.4 Å². The summed E-state index contributed by atoms with van der Waals surface area (Å²) >= 11 is 0. The first-order chi connectivity index (χ1) is 12.1.